The SMILES string of the molecule is Cl.c1cnc(-c2nc(Cn3ccnc3-c3cc4n(n3)CCNC4)cs2)cn1. The van der Waals surface area contributed by atoms with E-state index < -0.39 is 0 Å². The summed E-state index contributed by atoms with van der Waals surface area (Å²) in [5, 5.41) is 11.0. The van der Waals surface area contributed by atoms with E-state index in [-0.39, 0.29) is 12.4 Å². The van der Waals surface area contributed by atoms with Gasteiger partial charge in [-0.2, -0.15) is 5.10 Å². The quantitative estimate of drug-likeness (QED) is 0.565. The average Bonchev–Trinajstić information content (AvgIpc) is 3.41. The molecule has 0 saturated heterocycles. The van der Waals surface area contributed by atoms with Gasteiger partial charge in [0.05, 0.1) is 30.7 Å². The van der Waals surface area contributed by atoms with Crippen molar-refractivity contribution in [2.24, 2.45) is 0 Å². The zero-order valence-corrected chi connectivity index (χ0v) is 15.9. The first-order chi connectivity index (χ1) is 12.9. The lowest BCUT2D eigenvalue weighted by atomic mass is 10.3. The van der Waals surface area contributed by atoms with Gasteiger partial charge in [-0.3, -0.25) is 14.6 Å². The van der Waals surface area contributed by atoms with E-state index in [1.165, 1.54) is 5.69 Å². The largest absolute Gasteiger partial charge is 0.324 e. The second kappa shape index (κ2) is 7.55. The van der Waals surface area contributed by atoms with Gasteiger partial charge in [-0.25, -0.2) is 9.97 Å². The highest BCUT2D eigenvalue weighted by Crippen LogP contribution is 2.23. The molecule has 0 unspecified atom stereocenters. The molecular weight excluding hydrogens is 384 g/mol. The smallest absolute Gasteiger partial charge is 0.160 e. The molecule has 0 aliphatic carbocycles. The van der Waals surface area contributed by atoms with E-state index in [4.69, 9.17) is 5.10 Å². The van der Waals surface area contributed by atoms with Crippen LogP contribution in [0.3, 0.4) is 0 Å². The van der Waals surface area contributed by atoms with E-state index in [0.717, 1.165) is 47.5 Å². The Bertz CT molecular complexity index is 1010. The van der Waals surface area contributed by atoms with Gasteiger partial charge >= 0.3 is 0 Å². The van der Waals surface area contributed by atoms with E-state index in [1.807, 2.05) is 12.4 Å². The molecule has 5 rings (SSSR count). The fourth-order valence-corrected chi connectivity index (χ4v) is 3.82. The van der Waals surface area contributed by atoms with Crippen molar-refractivity contribution in [1.29, 1.82) is 0 Å². The summed E-state index contributed by atoms with van der Waals surface area (Å²) in [6.45, 7) is 3.34. The predicted molar refractivity (Wildman–Crippen MR) is 105 cm³/mol. The topological polar surface area (TPSA) is 86.3 Å². The summed E-state index contributed by atoms with van der Waals surface area (Å²) >= 11 is 1.57. The highest BCUT2D eigenvalue weighted by molar-refractivity contribution is 7.13. The van der Waals surface area contributed by atoms with E-state index in [0.29, 0.717) is 6.54 Å². The van der Waals surface area contributed by atoms with Gasteiger partial charge in [-0.15, -0.1) is 23.7 Å². The summed E-state index contributed by atoms with van der Waals surface area (Å²) in [7, 11) is 0. The minimum Gasteiger partial charge on any atom is -0.324 e. The number of aromatic nitrogens is 7. The lowest BCUT2D eigenvalue weighted by Crippen LogP contribution is -2.28. The first-order valence-electron chi connectivity index (χ1n) is 8.36. The summed E-state index contributed by atoms with van der Waals surface area (Å²) in [6.07, 6.45) is 8.85. The molecule has 1 N–H and O–H groups in total. The molecule has 5 heterocycles. The summed E-state index contributed by atoms with van der Waals surface area (Å²) in [4.78, 5) is 17.6. The Morgan fingerprint density at radius 3 is 2.96 bits per heavy atom. The molecule has 4 aromatic heterocycles. The van der Waals surface area contributed by atoms with Crippen molar-refractivity contribution in [1.82, 2.24) is 39.6 Å². The van der Waals surface area contributed by atoms with Gasteiger partial charge in [0.15, 0.2) is 5.82 Å². The molecule has 10 heteroatoms. The van der Waals surface area contributed by atoms with Crippen LogP contribution in [0.1, 0.15) is 11.4 Å². The van der Waals surface area contributed by atoms with Crippen molar-refractivity contribution in [2.75, 3.05) is 6.54 Å². The Labute approximate surface area is 165 Å². The third kappa shape index (κ3) is 3.48. The van der Waals surface area contributed by atoms with Crippen LogP contribution < -0.4 is 5.32 Å². The average molecular weight is 401 g/mol. The minimum absolute atomic E-state index is 0. The second-order valence-corrected chi connectivity index (χ2v) is 6.89. The van der Waals surface area contributed by atoms with Crippen LogP contribution in [0, 0.1) is 0 Å². The summed E-state index contributed by atoms with van der Waals surface area (Å²) in [5.41, 5.74) is 3.86. The third-order valence-corrected chi connectivity index (χ3v) is 5.19. The van der Waals surface area contributed by atoms with Crippen LogP contribution >= 0.6 is 23.7 Å². The molecule has 27 heavy (non-hydrogen) atoms. The van der Waals surface area contributed by atoms with Crippen molar-refractivity contribution in [3.63, 3.8) is 0 Å². The predicted octanol–water partition coefficient (Wildman–Crippen LogP) is 2.23. The number of nitrogens with zero attached hydrogens (tertiary/aromatic N) is 7. The molecule has 0 radical (unpaired) electrons. The summed E-state index contributed by atoms with van der Waals surface area (Å²) in [6, 6.07) is 2.11. The van der Waals surface area contributed by atoms with E-state index in [2.05, 4.69) is 45.9 Å². The highest BCUT2D eigenvalue weighted by Gasteiger charge is 2.16. The molecule has 1 aliphatic rings. The lowest BCUT2D eigenvalue weighted by Gasteiger charge is -2.13. The molecule has 0 amide bonds. The van der Waals surface area contributed by atoms with Gasteiger partial charge in [-0.05, 0) is 6.07 Å². The molecule has 1 aliphatic heterocycles. The highest BCUT2D eigenvalue weighted by atomic mass is 35.5. The zero-order valence-electron chi connectivity index (χ0n) is 14.3. The molecular formula is C17H17ClN8S. The first-order valence-corrected chi connectivity index (χ1v) is 9.24. The van der Waals surface area contributed by atoms with Gasteiger partial charge in [0.2, 0.25) is 0 Å². The van der Waals surface area contributed by atoms with Gasteiger partial charge in [-0.1, -0.05) is 0 Å². The molecule has 4 aromatic rings. The summed E-state index contributed by atoms with van der Waals surface area (Å²) < 4.78 is 4.14. The Kier molecular flexibility index (Phi) is 4.97. The maximum atomic E-state index is 4.71. The number of fused-ring (bicyclic) bond motifs is 1. The van der Waals surface area contributed by atoms with Crippen LogP contribution in [0.4, 0.5) is 0 Å². The molecule has 8 nitrogen and oxygen atoms in total. The summed E-state index contributed by atoms with van der Waals surface area (Å²) in [5.74, 6) is 0.862. The number of hydrogen-bond acceptors (Lipinski definition) is 7. The second-order valence-electron chi connectivity index (χ2n) is 6.03. The third-order valence-electron chi connectivity index (χ3n) is 4.28. The van der Waals surface area contributed by atoms with Crippen molar-refractivity contribution in [2.45, 2.75) is 19.6 Å². The van der Waals surface area contributed by atoms with E-state index >= 15 is 0 Å². The standard InChI is InChI=1S/C17H16N8S.ClH/c1-2-20-15(9-18-1)17-22-12(11-26-17)10-24-5-4-21-16(24)14-7-13-8-19-3-6-25(13)23-14;/h1-2,4-5,7,9,11,19H,3,6,8,10H2;1H. The van der Waals surface area contributed by atoms with Crippen LogP contribution in [0.15, 0.2) is 42.4 Å². The maximum absolute atomic E-state index is 4.71. The zero-order chi connectivity index (χ0) is 17.3. The van der Waals surface area contributed by atoms with Crippen LogP contribution in [0.25, 0.3) is 22.2 Å². The van der Waals surface area contributed by atoms with Gasteiger partial charge in [0, 0.05) is 43.3 Å². The number of hydrogen-bond donors (Lipinski definition) is 1. The molecule has 0 atom stereocenters. The number of imidazole rings is 1. The Balaban J connectivity index is 0.00000180. The normalized spacial score (nSPS) is 13.2. The van der Waals surface area contributed by atoms with Crippen molar-refractivity contribution in [3.8, 4) is 22.2 Å². The molecule has 0 bridgehead atoms. The van der Waals surface area contributed by atoms with Gasteiger partial charge < -0.3 is 9.88 Å². The molecule has 138 valence electrons. The molecule has 0 fully saturated rings. The van der Waals surface area contributed by atoms with Gasteiger partial charge in [0.1, 0.15) is 16.4 Å². The monoisotopic (exact) mass is 400 g/mol. The van der Waals surface area contributed by atoms with E-state index in [9.17, 15) is 0 Å². The maximum Gasteiger partial charge on any atom is 0.160 e. The number of nitrogens with one attached hydrogen (secondary N) is 1. The number of halogens is 1. The Morgan fingerprint density at radius 1 is 1.15 bits per heavy atom. The molecule has 0 spiro atoms. The first kappa shape index (κ1) is 17.8. The van der Waals surface area contributed by atoms with Gasteiger partial charge in [0.25, 0.3) is 0 Å². The fraction of sp³-hybridized carbons (Fsp3) is 0.235. The Morgan fingerprint density at radius 2 is 2.11 bits per heavy atom. The van der Waals surface area contributed by atoms with Crippen LogP contribution in [-0.4, -0.2) is 40.8 Å². The molecule has 0 aromatic carbocycles. The van der Waals surface area contributed by atoms with Crippen molar-refractivity contribution < 1.29 is 0 Å². The minimum atomic E-state index is 0. The number of thiazole rings is 1. The fourth-order valence-electron chi connectivity index (χ4n) is 3.05. The van der Waals surface area contributed by atoms with Crippen molar-refractivity contribution in [3.05, 3.63) is 53.8 Å². The van der Waals surface area contributed by atoms with Crippen LogP contribution in [-0.2, 0) is 19.6 Å². The Hall–Kier alpha value is -2.62. The van der Waals surface area contributed by atoms with Crippen LogP contribution in [0.5, 0.6) is 0 Å². The van der Waals surface area contributed by atoms with Crippen molar-refractivity contribution >= 4 is 23.7 Å². The van der Waals surface area contributed by atoms with E-state index in [1.54, 1.807) is 29.9 Å². The molecule has 0 saturated carbocycles. The van der Waals surface area contributed by atoms with Crippen LogP contribution in [0.2, 0.25) is 0 Å². The lowest BCUT2D eigenvalue weighted by molar-refractivity contribution is 0.476. The number of rotatable bonds is 4.